The van der Waals surface area contributed by atoms with E-state index in [1.807, 2.05) is 11.8 Å². The molecule has 0 heterocycles. The van der Waals surface area contributed by atoms with Crippen molar-refractivity contribution in [3.63, 3.8) is 0 Å². The Labute approximate surface area is 136 Å². The minimum atomic E-state index is 0.276. The Bertz CT molecular complexity index is 415. The van der Waals surface area contributed by atoms with E-state index in [-0.39, 0.29) is 4.75 Å². The van der Waals surface area contributed by atoms with Crippen molar-refractivity contribution in [2.75, 3.05) is 6.54 Å². The topological polar surface area (TPSA) is 26.0 Å². The number of benzene rings is 1. The van der Waals surface area contributed by atoms with E-state index in [0.717, 1.165) is 11.0 Å². The molecule has 0 unspecified atom stereocenters. The molecular formula is C17H26BrNS. The minimum Gasteiger partial charge on any atom is -0.329 e. The van der Waals surface area contributed by atoms with Gasteiger partial charge in [-0.15, -0.1) is 11.8 Å². The van der Waals surface area contributed by atoms with Gasteiger partial charge in [0.25, 0.3) is 0 Å². The van der Waals surface area contributed by atoms with Gasteiger partial charge in [-0.05, 0) is 55.4 Å². The number of halogens is 1. The summed E-state index contributed by atoms with van der Waals surface area (Å²) in [5.74, 6) is 0. The molecule has 0 bridgehead atoms. The monoisotopic (exact) mass is 355 g/mol. The minimum absolute atomic E-state index is 0.276. The van der Waals surface area contributed by atoms with Gasteiger partial charge >= 0.3 is 0 Å². The number of hydrogen-bond acceptors (Lipinski definition) is 2. The Morgan fingerprint density at radius 1 is 1.10 bits per heavy atom. The zero-order chi connectivity index (χ0) is 14.6. The van der Waals surface area contributed by atoms with Gasteiger partial charge in [0, 0.05) is 20.7 Å². The summed E-state index contributed by atoms with van der Waals surface area (Å²) in [5.41, 5.74) is 6.70. The molecule has 2 N–H and O–H groups in total. The third-order valence-corrected chi connectivity index (χ3v) is 6.40. The van der Waals surface area contributed by atoms with E-state index in [2.05, 4.69) is 54.0 Å². The summed E-state index contributed by atoms with van der Waals surface area (Å²) < 4.78 is 1.42. The van der Waals surface area contributed by atoms with Gasteiger partial charge in [-0.2, -0.15) is 0 Å². The fraction of sp³-hybridized carbons (Fsp3) is 0.647. The molecule has 1 aromatic carbocycles. The lowest BCUT2D eigenvalue weighted by Crippen LogP contribution is -2.53. The second kappa shape index (κ2) is 6.85. The average molecular weight is 356 g/mol. The maximum absolute atomic E-state index is 6.13. The lowest BCUT2D eigenvalue weighted by atomic mass is 9.57. The van der Waals surface area contributed by atoms with Crippen LogP contribution < -0.4 is 5.73 Å². The van der Waals surface area contributed by atoms with E-state index in [1.54, 1.807) is 0 Å². The number of hydrogen-bond donors (Lipinski definition) is 1. The quantitative estimate of drug-likeness (QED) is 0.686. The lowest BCUT2D eigenvalue weighted by Gasteiger charge is -2.56. The second-order valence-electron chi connectivity index (χ2n) is 6.30. The fourth-order valence-corrected chi connectivity index (χ4v) is 5.74. The van der Waals surface area contributed by atoms with Gasteiger partial charge in [-0.3, -0.25) is 0 Å². The van der Waals surface area contributed by atoms with Crippen molar-refractivity contribution in [1.29, 1.82) is 0 Å². The first kappa shape index (κ1) is 16.4. The summed E-state index contributed by atoms with van der Waals surface area (Å²) in [7, 11) is 0. The zero-order valence-electron chi connectivity index (χ0n) is 12.6. The molecule has 3 heteroatoms. The Hall–Kier alpha value is 0.01000. The molecule has 1 nitrogen and oxygen atoms in total. The maximum Gasteiger partial charge on any atom is 0.0339 e. The van der Waals surface area contributed by atoms with Crippen molar-refractivity contribution in [2.24, 2.45) is 11.1 Å². The van der Waals surface area contributed by atoms with Crippen molar-refractivity contribution >= 4 is 27.7 Å². The van der Waals surface area contributed by atoms with Gasteiger partial charge in [0.2, 0.25) is 0 Å². The molecule has 1 aliphatic rings. The Kier molecular flexibility index (Phi) is 5.61. The molecule has 1 fully saturated rings. The first-order valence-corrected chi connectivity index (χ1v) is 9.33. The summed E-state index contributed by atoms with van der Waals surface area (Å²) in [6.07, 6.45) is 7.90. The molecule has 1 saturated carbocycles. The molecule has 0 aliphatic heterocycles. The first-order chi connectivity index (χ1) is 9.57. The lowest BCUT2D eigenvalue weighted by molar-refractivity contribution is 0.0614. The highest BCUT2D eigenvalue weighted by molar-refractivity contribution is 9.10. The normalized spacial score (nSPS) is 19.6. The predicted molar refractivity (Wildman–Crippen MR) is 93.3 cm³/mol. The van der Waals surface area contributed by atoms with Crippen LogP contribution in [0.15, 0.2) is 33.6 Å². The van der Waals surface area contributed by atoms with Crippen molar-refractivity contribution < 1.29 is 0 Å². The van der Waals surface area contributed by atoms with Crippen LogP contribution in [0.1, 0.15) is 52.4 Å². The van der Waals surface area contributed by atoms with Crippen molar-refractivity contribution in [3.8, 4) is 0 Å². The Morgan fingerprint density at radius 3 is 2.10 bits per heavy atom. The molecule has 112 valence electrons. The molecule has 0 saturated heterocycles. The van der Waals surface area contributed by atoms with Crippen molar-refractivity contribution in [1.82, 2.24) is 0 Å². The molecule has 0 radical (unpaired) electrons. The molecule has 0 aromatic heterocycles. The molecule has 1 aliphatic carbocycles. The number of rotatable bonds is 7. The molecule has 1 aromatic rings. The van der Waals surface area contributed by atoms with Gasteiger partial charge in [0.1, 0.15) is 0 Å². The second-order valence-corrected chi connectivity index (χ2v) is 8.75. The molecule has 0 spiro atoms. The van der Waals surface area contributed by atoms with Gasteiger partial charge in [0.15, 0.2) is 0 Å². The van der Waals surface area contributed by atoms with Gasteiger partial charge in [-0.1, -0.05) is 42.6 Å². The van der Waals surface area contributed by atoms with Crippen LogP contribution in [0.2, 0.25) is 0 Å². The van der Waals surface area contributed by atoms with E-state index in [9.17, 15) is 0 Å². The fourth-order valence-electron chi connectivity index (χ4n) is 3.87. The smallest absolute Gasteiger partial charge is 0.0339 e. The highest BCUT2D eigenvalue weighted by Gasteiger charge is 2.52. The van der Waals surface area contributed by atoms with Crippen LogP contribution >= 0.6 is 27.7 Å². The molecule has 2 rings (SSSR count). The van der Waals surface area contributed by atoms with Crippen LogP contribution in [0.25, 0.3) is 0 Å². The number of nitrogens with two attached hydrogens (primary N) is 1. The molecule has 0 amide bonds. The van der Waals surface area contributed by atoms with Gasteiger partial charge < -0.3 is 5.73 Å². The van der Waals surface area contributed by atoms with Crippen LogP contribution in [-0.2, 0) is 0 Å². The van der Waals surface area contributed by atoms with Crippen LogP contribution in [0.4, 0.5) is 0 Å². The zero-order valence-corrected chi connectivity index (χ0v) is 15.0. The molecule has 20 heavy (non-hydrogen) atoms. The first-order valence-electron chi connectivity index (χ1n) is 7.72. The van der Waals surface area contributed by atoms with Crippen LogP contribution in [-0.4, -0.2) is 11.3 Å². The van der Waals surface area contributed by atoms with Crippen LogP contribution in [0, 0.1) is 5.41 Å². The molecular weight excluding hydrogens is 330 g/mol. The third kappa shape index (κ3) is 3.61. The van der Waals surface area contributed by atoms with Crippen LogP contribution in [0.5, 0.6) is 0 Å². The van der Waals surface area contributed by atoms with E-state index in [0.29, 0.717) is 5.41 Å². The van der Waals surface area contributed by atoms with Crippen molar-refractivity contribution in [3.05, 3.63) is 28.7 Å². The Morgan fingerprint density at radius 2 is 1.65 bits per heavy atom. The maximum atomic E-state index is 6.13. The summed E-state index contributed by atoms with van der Waals surface area (Å²) in [4.78, 5) is 1.35. The predicted octanol–water partition coefficient (Wildman–Crippen LogP) is 5.62. The summed E-state index contributed by atoms with van der Waals surface area (Å²) in [6.45, 7) is 5.41. The molecule has 0 atom stereocenters. The standard InChI is InChI=1S/C17H26BrNS/c1-3-9-16(10-4-2)11-17(12-16,13-19)20-15-7-5-14(18)6-8-15/h5-8H,3-4,9-13,19H2,1-2H3. The SMILES string of the molecule is CCCC1(CCC)CC(CN)(Sc2ccc(Br)cc2)C1. The van der Waals surface area contributed by atoms with Gasteiger partial charge in [-0.25, -0.2) is 0 Å². The van der Waals surface area contributed by atoms with Crippen LogP contribution in [0.3, 0.4) is 0 Å². The highest BCUT2D eigenvalue weighted by Crippen LogP contribution is 2.61. The highest BCUT2D eigenvalue weighted by atomic mass is 79.9. The largest absolute Gasteiger partial charge is 0.329 e. The van der Waals surface area contributed by atoms with E-state index >= 15 is 0 Å². The van der Waals surface area contributed by atoms with E-state index in [1.165, 1.54) is 43.4 Å². The van der Waals surface area contributed by atoms with Crippen molar-refractivity contribution in [2.45, 2.75) is 62.0 Å². The third-order valence-electron chi connectivity index (χ3n) is 4.48. The number of thioether (sulfide) groups is 1. The van der Waals surface area contributed by atoms with Gasteiger partial charge in [0.05, 0.1) is 0 Å². The average Bonchev–Trinajstić information content (AvgIpc) is 2.40. The summed E-state index contributed by atoms with van der Waals surface area (Å²) in [5, 5.41) is 0. The van der Waals surface area contributed by atoms with E-state index < -0.39 is 0 Å². The summed E-state index contributed by atoms with van der Waals surface area (Å²) in [6, 6.07) is 8.64. The Balaban J connectivity index is 2.04. The van der Waals surface area contributed by atoms with E-state index in [4.69, 9.17) is 5.73 Å². The summed E-state index contributed by atoms with van der Waals surface area (Å²) >= 11 is 5.49.